The number of β-amino-alcohol motifs (C(OH)–C–C–N with tert-alkyl or cyclic N) is 1. The molecular weight excluding hydrogens is 274 g/mol. The van der Waals surface area contributed by atoms with Crippen molar-refractivity contribution in [3.63, 3.8) is 0 Å². The molecule has 0 saturated carbocycles. The first-order valence-electron chi connectivity index (χ1n) is 5.85. The number of halogens is 1. The Bertz CT molecular complexity index is 544. The molecule has 0 aliphatic carbocycles. The van der Waals surface area contributed by atoms with E-state index >= 15 is 0 Å². The van der Waals surface area contributed by atoms with Crippen molar-refractivity contribution in [2.24, 2.45) is 0 Å². The first-order valence-corrected chi connectivity index (χ1v) is 7.67. The van der Waals surface area contributed by atoms with E-state index in [-0.39, 0.29) is 11.4 Å². The van der Waals surface area contributed by atoms with Gasteiger partial charge < -0.3 is 5.11 Å². The first kappa shape index (κ1) is 13.8. The minimum atomic E-state index is -3.55. The van der Waals surface area contributed by atoms with Gasteiger partial charge in [-0.2, -0.15) is 4.31 Å². The van der Waals surface area contributed by atoms with Crippen molar-refractivity contribution in [1.29, 1.82) is 0 Å². The zero-order chi connectivity index (χ0) is 13.3. The van der Waals surface area contributed by atoms with Gasteiger partial charge in [-0.05, 0) is 37.5 Å². The fraction of sp³-hybridized carbons (Fsp3) is 0.500. The summed E-state index contributed by atoms with van der Waals surface area (Å²) in [5, 5.41) is 9.99. The lowest BCUT2D eigenvalue weighted by Crippen LogP contribution is -2.42. The van der Waals surface area contributed by atoms with Crippen LogP contribution in [0.1, 0.15) is 18.4 Å². The lowest BCUT2D eigenvalue weighted by molar-refractivity contribution is 0.108. The Morgan fingerprint density at radius 1 is 1.44 bits per heavy atom. The highest BCUT2D eigenvalue weighted by atomic mass is 35.5. The highest BCUT2D eigenvalue weighted by Crippen LogP contribution is 2.24. The van der Waals surface area contributed by atoms with Crippen molar-refractivity contribution in [3.05, 3.63) is 28.8 Å². The molecule has 1 aromatic rings. The summed E-state index contributed by atoms with van der Waals surface area (Å²) in [6, 6.07) is 4.71. The summed E-state index contributed by atoms with van der Waals surface area (Å²) in [6.45, 7) is 2.43. The molecule has 1 aliphatic heterocycles. The lowest BCUT2D eigenvalue weighted by Gasteiger charge is -2.29. The number of sulfonamides is 1. The van der Waals surface area contributed by atoms with Gasteiger partial charge in [-0.3, -0.25) is 0 Å². The maximum absolute atomic E-state index is 12.4. The molecule has 1 unspecified atom stereocenters. The molecule has 1 N–H and O–H groups in total. The number of rotatable bonds is 2. The molecule has 0 radical (unpaired) electrons. The van der Waals surface area contributed by atoms with Crippen LogP contribution in [0.15, 0.2) is 23.1 Å². The highest BCUT2D eigenvalue weighted by molar-refractivity contribution is 7.89. The van der Waals surface area contributed by atoms with Crippen LogP contribution in [0.2, 0.25) is 5.02 Å². The van der Waals surface area contributed by atoms with Crippen LogP contribution in [-0.2, 0) is 10.0 Å². The van der Waals surface area contributed by atoms with Crippen molar-refractivity contribution in [2.75, 3.05) is 13.1 Å². The van der Waals surface area contributed by atoms with E-state index in [0.29, 0.717) is 24.4 Å². The Labute approximate surface area is 112 Å². The van der Waals surface area contributed by atoms with E-state index in [9.17, 15) is 13.5 Å². The van der Waals surface area contributed by atoms with Gasteiger partial charge in [-0.25, -0.2) is 8.42 Å². The molecule has 1 saturated heterocycles. The Balaban J connectivity index is 2.32. The second kappa shape index (κ2) is 5.17. The number of aliphatic hydroxyl groups is 1. The summed E-state index contributed by atoms with van der Waals surface area (Å²) in [7, 11) is -3.55. The molecule has 18 heavy (non-hydrogen) atoms. The van der Waals surface area contributed by atoms with Crippen LogP contribution >= 0.6 is 11.6 Å². The SMILES string of the molecule is Cc1ccc(S(=O)(=O)N2CCCC(O)C2)cc1Cl. The molecule has 0 amide bonds. The number of benzene rings is 1. The summed E-state index contributed by atoms with van der Waals surface area (Å²) in [5.74, 6) is 0. The second-order valence-corrected chi connectivity index (χ2v) is 6.92. The van der Waals surface area contributed by atoms with Gasteiger partial charge in [0.05, 0.1) is 11.0 Å². The minimum absolute atomic E-state index is 0.161. The van der Waals surface area contributed by atoms with Crippen LogP contribution in [0, 0.1) is 6.92 Å². The molecule has 4 nitrogen and oxygen atoms in total. The fourth-order valence-corrected chi connectivity index (χ4v) is 3.81. The average Bonchev–Trinajstić information content (AvgIpc) is 2.32. The molecule has 1 aromatic carbocycles. The van der Waals surface area contributed by atoms with Crippen LogP contribution in [-0.4, -0.2) is 37.0 Å². The van der Waals surface area contributed by atoms with E-state index in [2.05, 4.69) is 0 Å². The van der Waals surface area contributed by atoms with Gasteiger partial charge in [0.1, 0.15) is 0 Å². The van der Waals surface area contributed by atoms with Crippen LogP contribution in [0.3, 0.4) is 0 Å². The van der Waals surface area contributed by atoms with Crippen molar-refractivity contribution in [3.8, 4) is 0 Å². The van der Waals surface area contributed by atoms with E-state index in [0.717, 1.165) is 5.56 Å². The third-order valence-electron chi connectivity index (χ3n) is 3.14. The van der Waals surface area contributed by atoms with Gasteiger partial charge in [-0.1, -0.05) is 17.7 Å². The number of hydrogen-bond donors (Lipinski definition) is 1. The number of piperidine rings is 1. The third-order valence-corrected chi connectivity index (χ3v) is 5.41. The fourth-order valence-electron chi connectivity index (χ4n) is 2.02. The van der Waals surface area contributed by atoms with Crippen molar-refractivity contribution in [2.45, 2.75) is 30.8 Å². The first-order chi connectivity index (χ1) is 8.41. The Hall–Kier alpha value is -0.620. The zero-order valence-electron chi connectivity index (χ0n) is 10.1. The van der Waals surface area contributed by atoms with Crippen LogP contribution in [0.25, 0.3) is 0 Å². The van der Waals surface area contributed by atoms with E-state index in [1.165, 1.54) is 10.4 Å². The minimum Gasteiger partial charge on any atom is -0.392 e. The number of aliphatic hydroxyl groups excluding tert-OH is 1. The third kappa shape index (κ3) is 2.69. The van der Waals surface area contributed by atoms with E-state index < -0.39 is 16.1 Å². The molecule has 1 fully saturated rings. The van der Waals surface area contributed by atoms with Crippen molar-refractivity contribution in [1.82, 2.24) is 4.31 Å². The Morgan fingerprint density at radius 3 is 2.78 bits per heavy atom. The number of hydrogen-bond acceptors (Lipinski definition) is 3. The summed E-state index contributed by atoms with van der Waals surface area (Å²) < 4.78 is 26.0. The molecular formula is C12H16ClNO3S. The van der Waals surface area contributed by atoms with E-state index in [4.69, 9.17) is 11.6 Å². The maximum atomic E-state index is 12.4. The summed E-state index contributed by atoms with van der Waals surface area (Å²) in [4.78, 5) is 0.187. The molecule has 100 valence electrons. The predicted molar refractivity (Wildman–Crippen MR) is 70.2 cm³/mol. The van der Waals surface area contributed by atoms with Gasteiger partial charge in [-0.15, -0.1) is 0 Å². The molecule has 2 rings (SSSR count). The second-order valence-electron chi connectivity index (χ2n) is 4.57. The normalized spacial score (nSPS) is 22.1. The van der Waals surface area contributed by atoms with Crippen LogP contribution in [0.4, 0.5) is 0 Å². The van der Waals surface area contributed by atoms with Gasteiger partial charge in [0.2, 0.25) is 10.0 Å². The maximum Gasteiger partial charge on any atom is 0.243 e. The molecule has 0 spiro atoms. The topological polar surface area (TPSA) is 57.6 Å². The van der Waals surface area contributed by atoms with Crippen LogP contribution < -0.4 is 0 Å². The average molecular weight is 290 g/mol. The quantitative estimate of drug-likeness (QED) is 0.903. The largest absolute Gasteiger partial charge is 0.392 e. The van der Waals surface area contributed by atoms with Gasteiger partial charge in [0, 0.05) is 18.1 Å². The van der Waals surface area contributed by atoms with Crippen LogP contribution in [0.5, 0.6) is 0 Å². The van der Waals surface area contributed by atoms with Crippen molar-refractivity contribution < 1.29 is 13.5 Å². The summed E-state index contributed by atoms with van der Waals surface area (Å²) >= 11 is 5.96. The lowest BCUT2D eigenvalue weighted by atomic mass is 10.1. The summed E-state index contributed by atoms with van der Waals surface area (Å²) in [6.07, 6.45) is 0.759. The Morgan fingerprint density at radius 2 is 2.17 bits per heavy atom. The Kier molecular flexibility index (Phi) is 3.96. The van der Waals surface area contributed by atoms with Gasteiger partial charge in [0.15, 0.2) is 0 Å². The zero-order valence-corrected chi connectivity index (χ0v) is 11.7. The van der Waals surface area contributed by atoms with Gasteiger partial charge >= 0.3 is 0 Å². The van der Waals surface area contributed by atoms with Crippen molar-refractivity contribution >= 4 is 21.6 Å². The standard InChI is InChI=1S/C12H16ClNO3S/c1-9-4-5-11(7-12(9)13)18(16,17)14-6-2-3-10(15)8-14/h4-5,7,10,15H,2-3,6,8H2,1H3. The predicted octanol–water partition coefficient (Wildman–Crippen LogP) is 1.79. The highest BCUT2D eigenvalue weighted by Gasteiger charge is 2.29. The molecule has 0 aromatic heterocycles. The smallest absolute Gasteiger partial charge is 0.243 e. The van der Waals surface area contributed by atoms with E-state index in [1.807, 2.05) is 6.92 Å². The van der Waals surface area contributed by atoms with E-state index in [1.54, 1.807) is 12.1 Å². The molecule has 1 atom stereocenters. The monoisotopic (exact) mass is 289 g/mol. The molecule has 1 aliphatic rings. The molecule has 0 bridgehead atoms. The number of nitrogens with zero attached hydrogens (tertiary/aromatic N) is 1. The number of aryl methyl sites for hydroxylation is 1. The summed E-state index contributed by atoms with van der Waals surface area (Å²) in [5.41, 5.74) is 0.842. The van der Waals surface area contributed by atoms with Gasteiger partial charge in [0.25, 0.3) is 0 Å². The molecule has 6 heteroatoms. The molecule has 1 heterocycles.